The molecule has 1 spiro atoms. The molecule has 2 nitrogen and oxygen atoms in total. The van der Waals surface area contributed by atoms with E-state index in [0.717, 1.165) is 13.1 Å². The van der Waals surface area contributed by atoms with E-state index in [4.69, 9.17) is 0 Å². The number of rotatable bonds is 3. The van der Waals surface area contributed by atoms with Crippen LogP contribution in [0.2, 0.25) is 0 Å². The molecule has 0 radical (unpaired) electrons. The highest BCUT2D eigenvalue weighted by atomic mass is 16.1. The minimum atomic E-state index is 0.197. The van der Waals surface area contributed by atoms with E-state index >= 15 is 0 Å². The van der Waals surface area contributed by atoms with Crippen LogP contribution >= 0.6 is 0 Å². The number of piperidine rings is 1. The normalized spacial score (nSPS) is 25.4. The first kappa shape index (κ1) is 12.1. The maximum atomic E-state index is 11.7. The van der Waals surface area contributed by atoms with Gasteiger partial charge in [0, 0.05) is 5.92 Å². The first-order valence-corrected chi connectivity index (χ1v) is 6.86. The number of carbonyl (C=O) groups is 1. The highest BCUT2D eigenvalue weighted by molar-refractivity contribution is 5.82. The zero-order valence-corrected chi connectivity index (χ0v) is 10.8. The lowest BCUT2D eigenvalue weighted by Crippen LogP contribution is -2.42. The third kappa shape index (κ3) is 2.65. The minimum absolute atomic E-state index is 0.197. The van der Waals surface area contributed by atoms with E-state index in [1.807, 2.05) is 13.8 Å². The van der Waals surface area contributed by atoms with Gasteiger partial charge in [0.05, 0.1) is 6.54 Å². The van der Waals surface area contributed by atoms with Crippen molar-refractivity contribution in [3.8, 4) is 0 Å². The molecule has 2 aliphatic rings. The zero-order chi connectivity index (χ0) is 11.6. The van der Waals surface area contributed by atoms with Gasteiger partial charge in [-0.1, -0.05) is 26.7 Å². The number of carbonyl (C=O) groups excluding carboxylic acids is 1. The van der Waals surface area contributed by atoms with E-state index in [9.17, 15) is 4.79 Å². The lowest BCUT2D eigenvalue weighted by molar-refractivity contribution is -0.123. The Hall–Kier alpha value is -0.370. The van der Waals surface area contributed by atoms with E-state index in [1.54, 1.807) is 0 Å². The molecule has 2 rings (SSSR count). The number of hydrogen-bond acceptors (Lipinski definition) is 2. The quantitative estimate of drug-likeness (QED) is 0.733. The van der Waals surface area contributed by atoms with Crippen LogP contribution in [0, 0.1) is 11.3 Å². The van der Waals surface area contributed by atoms with Crippen molar-refractivity contribution in [1.82, 2.24) is 4.90 Å². The van der Waals surface area contributed by atoms with Crippen molar-refractivity contribution in [1.29, 1.82) is 0 Å². The van der Waals surface area contributed by atoms with Crippen molar-refractivity contribution in [2.75, 3.05) is 19.6 Å². The monoisotopic (exact) mass is 223 g/mol. The van der Waals surface area contributed by atoms with Crippen molar-refractivity contribution < 1.29 is 4.79 Å². The predicted octanol–water partition coefficient (Wildman–Crippen LogP) is 2.87. The van der Waals surface area contributed by atoms with Gasteiger partial charge < -0.3 is 0 Å². The Labute approximate surface area is 99.4 Å². The maximum Gasteiger partial charge on any atom is 0.149 e. The maximum absolute atomic E-state index is 11.7. The van der Waals surface area contributed by atoms with Crippen molar-refractivity contribution in [2.24, 2.45) is 11.3 Å². The molecule has 0 atom stereocenters. The van der Waals surface area contributed by atoms with Gasteiger partial charge in [-0.25, -0.2) is 0 Å². The van der Waals surface area contributed by atoms with Crippen molar-refractivity contribution in [3.63, 3.8) is 0 Å². The lowest BCUT2D eigenvalue weighted by Gasteiger charge is -2.39. The summed E-state index contributed by atoms with van der Waals surface area (Å²) in [6.07, 6.45) is 8.42. The Morgan fingerprint density at radius 2 is 1.69 bits per heavy atom. The van der Waals surface area contributed by atoms with E-state index in [0.29, 0.717) is 17.7 Å². The Kier molecular flexibility index (Phi) is 3.68. The van der Waals surface area contributed by atoms with Gasteiger partial charge in [-0.2, -0.15) is 0 Å². The SMILES string of the molecule is CC(C)C(=O)CN1CCC2(CCCC2)CC1. The summed E-state index contributed by atoms with van der Waals surface area (Å²) < 4.78 is 0. The largest absolute Gasteiger partial charge is 0.298 e. The molecule has 2 fully saturated rings. The van der Waals surface area contributed by atoms with Crippen LogP contribution in [-0.4, -0.2) is 30.3 Å². The summed E-state index contributed by atoms with van der Waals surface area (Å²) in [5.41, 5.74) is 0.678. The number of likely N-dealkylation sites (tertiary alicyclic amines) is 1. The predicted molar refractivity (Wildman–Crippen MR) is 66.4 cm³/mol. The Bertz CT molecular complexity index is 243. The first-order valence-electron chi connectivity index (χ1n) is 6.86. The fraction of sp³-hybridized carbons (Fsp3) is 0.929. The average molecular weight is 223 g/mol. The van der Waals surface area contributed by atoms with Crippen LogP contribution in [0.3, 0.4) is 0 Å². The molecule has 1 aliphatic carbocycles. The standard InChI is InChI=1S/C14H25NO/c1-12(2)13(16)11-15-9-7-14(8-10-15)5-3-4-6-14/h12H,3-11H2,1-2H3. The van der Waals surface area contributed by atoms with Gasteiger partial charge in [0.15, 0.2) is 0 Å². The molecule has 92 valence electrons. The van der Waals surface area contributed by atoms with Gasteiger partial charge >= 0.3 is 0 Å². The molecule has 0 aromatic heterocycles. The summed E-state index contributed by atoms with van der Waals surface area (Å²) in [5, 5.41) is 0. The molecular weight excluding hydrogens is 198 g/mol. The second-order valence-corrected chi connectivity index (χ2v) is 6.10. The van der Waals surface area contributed by atoms with Crippen molar-refractivity contribution >= 4 is 5.78 Å². The number of Topliss-reactive ketones (excluding diaryl/α,β-unsaturated/α-hetero) is 1. The van der Waals surface area contributed by atoms with Crippen LogP contribution in [0.15, 0.2) is 0 Å². The molecule has 0 amide bonds. The molecule has 0 unspecified atom stereocenters. The number of nitrogens with zero attached hydrogens (tertiary/aromatic N) is 1. The van der Waals surface area contributed by atoms with Crippen LogP contribution in [0.5, 0.6) is 0 Å². The third-order valence-corrected chi connectivity index (χ3v) is 4.60. The smallest absolute Gasteiger partial charge is 0.149 e. The summed E-state index contributed by atoms with van der Waals surface area (Å²) in [7, 11) is 0. The van der Waals surface area contributed by atoms with E-state index < -0.39 is 0 Å². The molecule has 0 aromatic carbocycles. The van der Waals surface area contributed by atoms with Crippen LogP contribution < -0.4 is 0 Å². The fourth-order valence-electron chi connectivity index (χ4n) is 3.21. The molecule has 0 bridgehead atoms. The molecule has 1 aliphatic heterocycles. The second-order valence-electron chi connectivity index (χ2n) is 6.10. The van der Waals surface area contributed by atoms with Crippen LogP contribution in [0.1, 0.15) is 52.4 Å². The zero-order valence-electron chi connectivity index (χ0n) is 10.8. The van der Waals surface area contributed by atoms with E-state index in [-0.39, 0.29) is 5.92 Å². The van der Waals surface area contributed by atoms with Crippen molar-refractivity contribution in [2.45, 2.75) is 52.4 Å². The number of ketones is 1. The molecule has 1 heterocycles. The van der Waals surface area contributed by atoms with Gasteiger partial charge in [0.2, 0.25) is 0 Å². The summed E-state index contributed by atoms with van der Waals surface area (Å²) >= 11 is 0. The first-order chi connectivity index (χ1) is 7.61. The summed E-state index contributed by atoms with van der Waals surface area (Å²) in [5.74, 6) is 0.602. The van der Waals surface area contributed by atoms with Crippen LogP contribution in [0.4, 0.5) is 0 Å². The summed E-state index contributed by atoms with van der Waals surface area (Å²) in [6, 6.07) is 0. The molecular formula is C14H25NO. The molecule has 1 saturated carbocycles. The minimum Gasteiger partial charge on any atom is -0.298 e. The molecule has 0 aromatic rings. The number of hydrogen-bond donors (Lipinski definition) is 0. The molecule has 1 saturated heterocycles. The average Bonchev–Trinajstić information content (AvgIpc) is 2.70. The van der Waals surface area contributed by atoms with Crippen LogP contribution in [-0.2, 0) is 4.79 Å². The summed E-state index contributed by atoms with van der Waals surface area (Å²) in [6.45, 7) is 7.00. The third-order valence-electron chi connectivity index (χ3n) is 4.60. The fourth-order valence-corrected chi connectivity index (χ4v) is 3.21. The Morgan fingerprint density at radius 1 is 1.12 bits per heavy atom. The Morgan fingerprint density at radius 3 is 2.19 bits per heavy atom. The highest BCUT2D eigenvalue weighted by Gasteiger charge is 2.37. The van der Waals surface area contributed by atoms with Gasteiger partial charge in [-0.3, -0.25) is 9.69 Å². The van der Waals surface area contributed by atoms with E-state index in [1.165, 1.54) is 38.5 Å². The highest BCUT2D eigenvalue weighted by Crippen LogP contribution is 2.45. The second kappa shape index (κ2) is 4.87. The van der Waals surface area contributed by atoms with E-state index in [2.05, 4.69) is 4.90 Å². The lowest BCUT2D eigenvalue weighted by atomic mass is 9.77. The molecule has 0 N–H and O–H groups in total. The van der Waals surface area contributed by atoms with Gasteiger partial charge in [-0.15, -0.1) is 0 Å². The van der Waals surface area contributed by atoms with Crippen LogP contribution in [0.25, 0.3) is 0 Å². The van der Waals surface area contributed by atoms with Gasteiger partial charge in [-0.05, 0) is 44.2 Å². The van der Waals surface area contributed by atoms with Gasteiger partial charge in [0.25, 0.3) is 0 Å². The topological polar surface area (TPSA) is 20.3 Å². The molecule has 16 heavy (non-hydrogen) atoms. The molecule has 2 heteroatoms. The summed E-state index contributed by atoms with van der Waals surface area (Å²) in [4.78, 5) is 14.0. The van der Waals surface area contributed by atoms with Crippen molar-refractivity contribution in [3.05, 3.63) is 0 Å². The van der Waals surface area contributed by atoms with Gasteiger partial charge in [0.1, 0.15) is 5.78 Å². The Balaban J connectivity index is 1.79.